The van der Waals surface area contributed by atoms with Gasteiger partial charge >= 0.3 is 0 Å². The van der Waals surface area contributed by atoms with Crippen molar-refractivity contribution in [1.29, 1.82) is 5.26 Å². The van der Waals surface area contributed by atoms with Crippen LogP contribution in [0.25, 0.3) is 0 Å². The second-order valence-corrected chi connectivity index (χ2v) is 7.02. The molecule has 0 atom stereocenters. The molecule has 2 aliphatic rings. The van der Waals surface area contributed by atoms with Crippen molar-refractivity contribution in [3.8, 4) is 11.8 Å². The first-order chi connectivity index (χ1) is 13.2. The first-order valence-corrected chi connectivity index (χ1v) is 9.56. The van der Waals surface area contributed by atoms with Crippen molar-refractivity contribution in [3.05, 3.63) is 29.8 Å². The van der Waals surface area contributed by atoms with E-state index in [4.69, 9.17) is 10.00 Å². The van der Waals surface area contributed by atoms with E-state index in [2.05, 4.69) is 11.0 Å². The molecule has 7 nitrogen and oxygen atoms in total. The molecule has 144 valence electrons. The molecule has 27 heavy (non-hydrogen) atoms. The maximum absolute atomic E-state index is 12.4. The quantitative estimate of drug-likeness (QED) is 0.776. The monoisotopic (exact) mass is 370 g/mol. The Kier molecular flexibility index (Phi) is 6.66. The molecular weight excluding hydrogens is 344 g/mol. The van der Waals surface area contributed by atoms with Gasteiger partial charge in [0.1, 0.15) is 5.75 Å². The average Bonchev–Trinajstić information content (AvgIpc) is 3.14. The summed E-state index contributed by atoms with van der Waals surface area (Å²) in [5, 5.41) is 8.80. The van der Waals surface area contributed by atoms with Crippen LogP contribution in [0.3, 0.4) is 0 Å². The van der Waals surface area contributed by atoms with Crippen molar-refractivity contribution < 1.29 is 14.3 Å². The van der Waals surface area contributed by atoms with E-state index in [-0.39, 0.29) is 18.4 Å². The normalized spacial score (nSPS) is 18.0. The molecule has 2 amide bonds. The minimum atomic E-state index is -0.0490. The molecule has 2 aliphatic heterocycles. The fourth-order valence-corrected chi connectivity index (χ4v) is 3.50. The highest BCUT2D eigenvalue weighted by atomic mass is 16.5. The number of likely N-dealkylation sites (tertiary alicyclic amines) is 1. The van der Waals surface area contributed by atoms with E-state index in [0.29, 0.717) is 37.5 Å². The van der Waals surface area contributed by atoms with Crippen LogP contribution in [0, 0.1) is 11.3 Å². The van der Waals surface area contributed by atoms with Crippen LogP contribution < -0.4 is 4.74 Å². The zero-order valence-electron chi connectivity index (χ0n) is 15.6. The van der Waals surface area contributed by atoms with Gasteiger partial charge in [0.15, 0.2) is 6.61 Å². The average molecular weight is 370 g/mol. The largest absolute Gasteiger partial charge is 0.484 e. The molecule has 2 fully saturated rings. The van der Waals surface area contributed by atoms with Gasteiger partial charge in [-0.25, -0.2) is 0 Å². The Labute approximate surface area is 160 Å². The van der Waals surface area contributed by atoms with Crippen LogP contribution in [0.2, 0.25) is 0 Å². The van der Waals surface area contributed by atoms with Crippen LogP contribution in [-0.4, -0.2) is 78.9 Å². The third-order valence-corrected chi connectivity index (χ3v) is 5.10. The number of carbonyl (C=O) groups excluding carboxylic acids is 2. The number of amides is 2. The van der Waals surface area contributed by atoms with E-state index in [1.54, 1.807) is 24.3 Å². The molecule has 0 aliphatic carbocycles. The van der Waals surface area contributed by atoms with Crippen LogP contribution in [0.1, 0.15) is 24.8 Å². The van der Waals surface area contributed by atoms with Gasteiger partial charge in [0.25, 0.3) is 5.91 Å². The Morgan fingerprint density at radius 1 is 0.889 bits per heavy atom. The fraction of sp³-hybridized carbons (Fsp3) is 0.550. The predicted molar refractivity (Wildman–Crippen MR) is 100 cm³/mol. The Bertz CT molecular complexity index is 692. The highest BCUT2D eigenvalue weighted by molar-refractivity contribution is 5.79. The molecule has 0 saturated carbocycles. The summed E-state index contributed by atoms with van der Waals surface area (Å²) in [7, 11) is 0. The van der Waals surface area contributed by atoms with E-state index >= 15 is 0 Å². The first kappa shape index (κ1) is 19.2. The van der Waals surface area contributed by atoms with E-state index < -0.39 is 0 Å². The third kappa shape index (κ3) is 5.44. The molecule has 2 heterocycles. The smallest absolute Gasteiger partial charge is 0.260 e. The Hall–Kier alpha value is -2.59. The van der Waals surface area contributed by atoms with Crippen molar-refractivity contribution >= 4 is 11.8 Å². The molecule has 0 N–H and O–H groups in total. The van der Waals surface area contributed by atoms with Gasteiger partial charge in [-0.05, 0) is 43.5 Å². The van der Waals surface area contributed by atoms with Crippen molar-refractivity contribution in [2.75, 3.05) is 52.4 Å². The number of nitrogens with zero attached hydrogens (tertiary/aromatic N) is 4. The number of carbonyl (C=O) groups is 2. The van der Waals surface area contributed by atoms with E-state index in [9.17, 15) is 9.59 Å². The lowest BCUT2D eigenvalue weighted by molar-refractivity contribution is -0.133. The lowest BCUT2D eigenvalue weighted by atomic mass is 10.2. The number of hydrogen-bond donors (Lipinski definition) is 0. The number of nitriles is 1. The molecule has 0 radical (unpaired) electrons. The zero-order chi connectivity index (χ0) is 19.1. The molecule has 0 spiro atoms. The molecule has 0 aromatic heterocycles. The Balaban J connectivity index is 1.43. The molecule has 1 aromatic carbocycles. The lowest BCUT2D eigenvalue weighted by Crippen LogP contribution is -2.41. The SMILES string of the molecule is N#Cc1ccc(OCC(=O)N2CCCN(CC(=O)N3CCCC3)CC2)cc1. The molecular formula is C20H26N4O3. The summed E-state index contributed by atoms with van der Waals surface area (Å²) in [5.74, 6) is 0.735. The van der Waals surface area contributed by atoms with Gasteiger partial charge in [0.05, 0.1) is 18.2 Å². The highest BCUT2D eigenvalue weighted by Crippen LogP contribution is 2.13. The number of hydrogen-bond acceptors (Lipinski definition) is 5. The minimum Gasteiger partial charge on any atom is -0.484 e. The van der Waals surface area contributed by atoms with Crippen LogP contribution in [0.15, 0.2) is 24.3 Å². The number of ether oxygens (including phenoxy) is 1. The van der Waals surface area contributed by atoms with Crippen molar-refractivity contribution in [2.24, 2.45) is 0 Å². The highest BCUT2D eigenvalue weighted by Gasteiger charge is 2.23. The van der Waals surface area contributed by atoms with E-state index in [1.165, 1.54) is 0 Å². The van der Waals surface area contributed by atoms with Gasteiger partial charge in [-0.1, -0.05) is 0 Å². The van der Waals surface area contributed by atoms with Gasteiger partial charge < -0.3 is 14.5 Å². The summed E-state index contributed by atoms with van der Waals surface area (Å²) in [4.78, 5) is 30.7. The maximum atomic E-state index is 12.4. The molecule has 2 saturated heterocycles. The fourth-order valence-electron chi connectivity index (χ4n) is 3.50. The summed E-state index contributed by atoms with van der Waals surface area (Å²) in [6.07, 6.45) is 3.07. The predicted octanol–water partition coefficient (Wildman–Crippen LogP) is 1.09. The topological polar surface area (TPSA) is 76.9 Å². The maximum Gasteiger partial charge on any atom is 0.260 e. The van der Waals surface area contributed by atoms with Crippen molar-refractivity contribution in [1.82, 2.24) is 14.7 Å². The van der Waals surface area contributed by atoms with Crippen molar-refractivity contribution in [3.63, 3.8) is 0 Å². The summed E-state index contributed by atoms with van der Waals surface area (Å²) in [5.41, 5.74) is 0.560. The third-order valence-electron chi connectivity index (χ3n) is 5.10. The van der Waals surface area contributed by atoms with Gasteiger partial charge in [-0.15, -0.1) is 0 Å². The standard InChI is InChI=1S/C20H26N4O3/c21-14-17-4-6-18(7-5-17)27-16-20(26)24-11-3-8-22(12-13-24)15-19(25)23-9-1-2-10-23/h4-7H,1-3,8-13,15-16H2. The molecule has 3 rings (SSSR count). The van der Waals surface area contributed by atoms with Gasteiger partial charge in [0.2, 0.25) is 5.91 Å². The summed E-state index contributed by atoms with van der Waals surface area (Å²) in [6.45, 7) is 5.03. The summed E-state index contributed by atoms with van der Waals surface area (Å²) in [6, 6.07) is 8.77. The van der Waals surface area contributed by atoms with Crippen LogP contribution in [0.5, 0.6) is 5.75 Å². The lowest BCUT2D eigenvalue weighted by Gasteiger charge is -2.24. The Morgan fingerprint density at radius 2 is 1.56 bits per heavy atom. The van der Waals surface area contributed by atoms with E-state index in [1.807, 2.05) is 9.80 Å². The van der Waals surface area contributed by atoms with E-state index in [0.717, 1.165) is 38.9 Å². The van der Waals surface area contributed by atoms with Crippen LogP contribution in [-0.2, 0) is 9.59 Å². The Morgan fingerprint density at radius 3 is 2.26 bits per heavy atom. The van der Waals surface area contributed by atoms with Crippen LogP contribution in [0.4, 0.5) is 0 Å². The zero-order valence-corrected chi connectivity index (χ0v) is 15.6. The molecule has 1 aromatic rings. The van der Waals surface area contributed by atoms with Crippen molar-refractivity contribution in [2.45, 2.75) is 19.3 Å². The summed E-state index contributed by atoms with van der Waals surface area (Å²) >= 11 is 0. The molecule has 7 heteroatoms. The first-order valence-electron chi connectivity index (χ1n) is 9.56. The molecule has 0 bridgehead atoms. The van der Waals surface area contributed by atoms with Gasteiger partial charge in [-0.2, -0.15) is 5.26 Å². The second kappa shape index (κ2) is 9.38. The number of rotatable bonds is 5. The number of benzene rings is 1. The molecule has 0 unspecified atom stereocenters. The second-order valence-electron chi connectivity index (χ2n) is 7.02. The minimum absolute atomic E-state index is 0.0153. The van der Waals surface area contributed by atoms with Gasteiger partial charge in [-0.3, -0.25) is 14.5 Å². The van der Waals surface area contributed by atoms with Gasteiger partial charge in [0, 0.05) is 39.3 Å². The van der Waals surface area contributed by atoms with Crippen LogP contribution >= 0.6 is 0 Å². The summed E-state index contributed by atoms with van der Waals surface area (Å²) < 4.78 is 5.55.